The number of phenols is 1. The van der Waals surface area contributed by atoms with E-state index in [4.69, 9.17) is 5.73 Å². The fraction of sp³-hybridized carbons (Fsp3) is 0. The highest BCUT2D eigenvalue weighted by molar-refractivity contribution is 5.81. The summed E-state index contributed by atoms with van der Waals surface area (Å²) >= 11 is 0. The molecule has 94 valence electrons. The number of nitrogens with zero attached hydrogens (tertiary/aromatic N) is 2. The van der Waals surface area contributed by atoms with Crippen molar-refractivity contribution in [2.75, 3.05) is 11.1 Å². The highest BCUT2D eigenvalue weighted by Crippen LogP contribution is 2.28. The zero-order valence-electron chi connectivity index (χ0n) is 10.0. The molecule has 0 unspecified atom stereocenters. The van der Waals surface area contributed by atoms with E-state index in [9.17, 15) is 5.11 Å². The van der Waals surface area contributed by atoms with Crippen LogP contribution < -0.4 is 11.1 Å². The minimum atomic E-state index is 0.136. The number of para-hydroxylation sites is 4. The number of anilines is 3. The fourth-order valence-electron chi connectivity index (χ4n) is 1.81. The number of aromatic nitrogens is 2. The van der Waals surface area contributed by atoms with Crippen LogP contribution >= 0.6 is 0 Å². The third-order valence-corrected chi connectivity index (χ3v) is 2.75. The number of hydrogen-bond acceptors (Lipinski definition) is 5. The van der Waals surface area contributed by atoms with E-state index in [0.29, 0.717) is 17.3 Å². The topological polar surface area (TPSA) is 84.1 Å². The molecule has 5 heteroatoms. The molecule has 0 atom stereocenters. The predicted molar refractivity (Wildman–Crippen MR) is 75.3 cm³/mol. The maximum Gasteiger partial charge on any atom is 0.174 e. The first-order chi connectivity index (χ1) is 9.24. The monoisotopic (exact) mass is 252 g/mol. The smallest absolute Gasteiger partial charge is 0.174 e. The van der Waals surface area contributed by atoms with Crippen LogP contribution in [0.3, 0.4) is 0 Å². The Hall–Kier alpha value is -2.82. The van der Waals surface area contributed by atoms with Gasteiger partial charge in [0.1, 0.15) is 5.75 Å². The predicted octanol–water partition coefficient (Wildman–Crippen LogP) is 2.66. The Morgan fingerprint density at radius 3 is 2.26 bits per heavy atom. The molecule has 0 bridgehead atoms. The molecule has 1 heterocycles. The van der Waals surface area contributed by atoms with Crippen LogP contribution in [0.5, 0.6) is 5.75 Å². The summed E-state index contributed by atoms with van der Waals surface area (Å²) in [5, 5.41) is 12.7. The van der Waals surface area contributed by atoms with E-state index < -0.39 is 0 Å². The number of aromatic hydroxyl groups is 1. The standard InChI is InChI=1S/C14H12N4O/c15-13-14(18-11-7-3-4-8-12(11)19)17-10-6-2-1-5-9(10)16-13/h1-8,19H,(H2,15,16)(H,17,18). The van der Waals surface area contributed by atoms with E-state index in [1.165, 1.54) is 0 Å². The molecule has 1 aromatic heterocycles. The zero-order valence-corrected chi connectivity index (χ0v) is 10.0. The van der Waals surface area contributed by atoms with Gasteiger partial charge in [-0.05, 0) is 24.3 Å². The molecule has 3 rings (SSSR count). The fourth-order valence-corrected chi connectivity index (χ4v) is 1.81. The van der Waals surface area contributed by atoms with Gasteiger partial charge >= 0.3 is 0 Å². The van der Waals surface area contributed by atoms with Gasteiger partial charge in [-0.3, -0.25) is 0 Å². The third kappa shape index (κ3) is 2.13. The number of nitrogens with two attached hydrogens (primary N) is 1. The van der Waals surface area contributed by atoms with Crippen molar-refractivity contribution in [2.24, 2.45) is 0 Å². The molecule has 2 aromatic carbocycles. The van der Waals surface area contributed by atoms with Crippen LogP contribution in [0.25, 0.3) is 11.0 Å². The number of nitrogens with one attached hydrogen (secondary N) is 1. The Morgan fingerprint density at radius 2 is 1.53 bits per heavy atom. The molecule has 5 nitrogen and oxygen atoms in total. The van der Waals surface area contributed by atoms with Crippen LogP contribution in [0.1, 0.15) is 0 Å². The van der Waals surface area contributed by atoms with Crippen molar-refractivity contribution < 1.29 is 5.11 Å². The maximum absolute atomic E-state index is 9.72. The Morgan fingerprint density at radius 1 is 0.895 bits per heavy atom. The minimum absolute atomic E-state index is 0.136. The van der Waals surface area contributed by atoms with Gasteiger partial charge in [0, 0.05) is 0 Å². The first-order valence-electron chi connectivity index (χ1n) is 5.81. The molecular weight excluding hydrogens is 240 g/mol. The van der Waals surface area contributed by atoms with E-state index in [1.54, 1.807) is 18.2 Å². The second kappa shape index (κ2) is 4.45. The lowest BCUT2D eigenvalue weighted by Gasteiger charge is -2.10. The zero-order chi connectivity index (χ0) is 13.2. The summed E-state index contributed by atoms with van der Waals surface area (Å²) in [6.45, 7) is 0. The van der Waals surface area contributed by atoms with Gasteiger partial charge in [0.2, 0.25) is 0 Å². The van der Waals surface area contributed by atoms with Crippen molar-refractivity contribution >= 4 is 28.4 Å². The van der Waals surface area contributed by atoms with Crippen molar-refractivity contribution in [3.63, 3.8) is 0 Å². The quantitative estimate of drug-likeness (QED) is 0.611. The molecule has 0 radical (unpaired) electrons. The number of benzene rings is 2. The number of hydrogen-bond donors (Lipinski definition) is 3. The molecule has 0 aliphatic rings. The lowest BCUT2D eigenvalue weighted by Crippen LogP contribution is -2.02. The highest BCUT2D eigenvalue weighted by Gasteiger charge is 2.07. The molecule has 19 heavy (non-hydrogen) atoms. The van der Waals surface area contributed by atoms with Crippen LogP contribution in [0.15, 0.2) is 48.5 Å². The lowest BCUT2D eigenvalue weighted by molar-refractivity contribution is 0.478. The summed E-state index contributed by atoms with van der Waals surface area (Å²) in [6, 6.07) is 14.4. The highest BCUT2D eigenvalue weighted by atomic mass is 16.3. The van der Waals surface area contributed by atoms with Gasteiger partial charge < -0.3 is 16.2 Å². The van der Waals surface area contributed by atoms with Crippen molar-refractivity contribution in [3.8, 4) is 5.75 Å². The molecule has 3 aromatic rings. The maximum atomic E-state index is 9.72. The van der Waals surface area contributed by atoms with Crippen molar-refractivity contribution in [2.45, 2.75) is 0 Å². The average Bonchev–Trinajstić information content (AvgIpc) is 2.42. The first-order valence-corrected chi connectivity index (χ1v) is 5.81. The molecule has 0 aliphatic heterocycles. The molecule has 0 saturated carbocycles. The SMILES string of the molecule is Nc1nc2ccccc2nc1Nc1ccccc1O. The van der Waals surface area contributed by atoms with Crippen molar-refractivity contribution in [1.29, 1.82) is 0 Å². The van der Waals surface area contributed by atoms with Crippen LogP contribution in [-0.2, 0) is 0 Å². The van der Waals surface area contributed by atoms with Gasteiger partial charge in [-0.1, -0.05) is 24.3 Å². The van der Waals surface area contributed by atoms with Crippen LogP contribution in [0, 0.1) is 0 Å². The molecule has 0 fully saturated rings. The number of phenolic OH excluding ortho intramolecular Hbond substituents is 1. The van der Waals surface area contributed by atoms with E-state index in [0.717, 1.165) is 11.0 Å². The number of fused-ring (bicyclic) bond motifs is 1. The molecule has 4 N–H and O–H groups in total. The van der Waals surface area contributed by atoms with Crippen molar-refractivity contribution in [3.05, 3.63) is 48.5 Å². The lowest BCUT2D eigenvalue weighted by atomic mass is 10.3. The van der Waals surface area contributed by atoms with Gasteiger partial charge in [0.05, 0.1) is 16.7 Å². The Bertz CT molecular complexity index is 742. The van der Waals surface area contributed by atoms with Gasteiger partial charge in [-0.2, -0.15) is 0 Å². The molecular formula is C14H12N4O. The Labute approximate surface area is 109 Å². The largest absolute Gasteiger partial charge is 0.506 e. The third-order valence-electron chi connectivity index (χ3n) is 2.75. The first kappa shape index (κ1) is 11.3. The minimum Gasteiger partial charge on any atom is -0.506 e. The van der Waals surface area contributed by atoms with Crippen LogP contribution in [0.4, 0.5) is 17.3 Å². The Balaban J connectivity index is 2.06. The summed E-state index contributed by atoms with van der Waals surface area (Å²) in [5.41, 5.74) is 7.89. The van der Waals surface area contributed by atoms with Gasteiger partial charge in [-0.15, -0.1) is 0 Å². The molecule has 0 spiro atoms. The van der Waals surface area contributed by atoms with E-state index in [-0.39, 0.29) is 5.75 Å². The van der Waals surface area contributed by atoms with E-state index in [2.05, 4.69) is 15.3 Å². The number of rotatable bonds is 2. The van der Waals surface area contributed by atoms with E-state index >= 15 is 0 Å². The normalized spacial score (nSPS) is 10.5. The van der Waals surface area contributed by atoms with Gasteiger partial charge in [-0.25, -0.2) is 9.97 Å². The summed E-state index contributed by atoms with van der Waals surface area (Å²) in [5.74, 6) is 0.860. The number of nitrogen functional groups attached to an aromatic ring is 1. The molecule has 0 aliphatic carbocycles. The Kier molecular flexibility index (Phi) is 2.64. The average molecular weight is 252 g/mol. The summed E-state index contributed by atoms with van der Waals surface area (Å²) in [7, 11) is 0. The van der Waals surface area contributed by atoms with Crippen LogP contribution in [-0.4, -0.2) is 15.1 Å². The van der Waals surface area contributed by atoms with Crippen LogP contribution in [0.2, 0.25) is 0 Å². The summed E-state index contributed by atoms with van der Waals surface area (Å²) in [6.07, 6.45) is 0. The second-order valence-electron chi connectivity index (χ2n) is 4.09. The molecule has 0 saturated heterocycles. The molecule has 0 amide bonds. The summed E-state index contributed by atoms with van der Waals surface area (Å²) < 4.78 is 0. The van der Waals surface area contributed by atoms with E-state index in [1.807, 2.05) is 30.3 Å². The van der Waals surface area contributed by atoms with Gasteiger partial charge in [0.25, 0.3) is 0 Å². The van der Waals surface area contributed by atoms with Gasteiger partial charge in [0.15, 0.2) is 11.6 Å². The van der Waals surface area contributed by atoms with Crippen molar-refractivity contribution in [1.82, 2.24) is 9.97 Å². The summed E-state index contributed by atoms with van der Waals surface area (Å²) in [4.78, 5) is 8.67. The second-order valence-corrected chi connectivity index (χ2v) is 4.09.